The summed E-state index contributed by atoms with van der Waals surface area (Å²) in [6.07, 6.45) is 3.47. The molecule has 1 N–H and O–H groups in total. The Bertz CT molecular complexity index is 1040. The van der Waals surface area contributed by atoms with Gasteiger partial charge in [-0.3, -0.25) is 4.57 Å². The van der Waals surface area contributed by atoms with Crippen LogP contribution in [0.4, 0.5) is 0 Å². The molecule has 124 valence electrons. The lowest BCUT2D eigenvalue weighted by Gasteiger charge is -2.17. The van der Waals surface area contributed by atoms with Gasteiger partial charge in [0.25, 0.3) is 0 Å². The second-order valence-electron chi connectivity index (χ2n) is 5.68. The van der Waals surface area contributed by atoms with E-state index in [1.54, 1.807) is 30.3 Å². The monoisotopic (exact) mass is 345 g/mol. The lowest BCUT2D eigenvalue weighted by Crippen LogP contribution is -2.31. The van der Waals surface area contributed by atoms with Crippen LogP contribution in [0.25, 0.3) is 11.2 Å². The molecule has 3 aromatic rings. The first-order valence-electron chi connectivity index (χ1n) is 7.53. The zero-order valence-electron chi connectivity index (χ0n) is 12.7. The Hall–Kier alpha value is -2.52. The van der Waals surface area contributed by atoms with Crippen molar-refractivity contribution in [2.24, 2.45) is 0 Å². The molecule has 0 saturated carbocycles. The Balaban J connectivity index is 1.68. The van der Waals surface area contributed by atoms with Gasteiger partial charge in [0.05, 0.1) is 17.1 Å². The predicted molar refractivity (Wildman–Crippen MR) is 87.0 cm³/mol. The number of H-pyrrole nitrogens is 1. The molecule has 0 amide bonds. The van der Waals surface area contributed by atoms with Gasteiger partial charge in [-0.15, -0.1) is 0 Å². The van der Waals surface area contributed by atoms with E-state index in [1.807, 2.05) is 0 Å². The molecule has 24 heavy (non-hydrogen) atoms. The first kappa shape index (κ1) is 15.0. The van der Waals surface area contributed by atoms with E-state index < -0.39 is 10.0 Å². The number of nitrogens with zero attached hydrogens (tertiary/aromatic N) is 4. The summed E-state index contributed by atoms with van der Waals surface area (Å²) < 4.78 is 28.3. The van der Waals surface area contributed by atoms with Crippen LogP contribution in [0.1, 0.15) is 12.5 Å². The largest absolute Gasteiger partial charge is 0.328 e. The summed E-state index contributed by atoms with van der Waals surface area (Å²) in [7, 11) is -3.55. The van der Waals surface area contributed by atoms with Crippen LogP contribution in [0.3, 0.4) is 0 Å². The Morgan fingerprint density at radius 2 is 2.00 bits per heavy atom. The molecule has 1 atom stereocenters. The smallest absolute Gasteiger partial charge is 0.303 e. The van der Waals surface area contributed by atoms with Gasteiger partial charge in [-0.05, 0) is 18.6 Å². The van der Waals surface area contributed by atoms with E-state index in [4.69, 9.17) is 0 Å². The van der Waals surface area contributed by atoms with Crippen LogP contribution in [-0.4, -0.2) is 45.3 Å². The topological polar surface area (TPSA) is 101 Å². The van der Waals surface area contributed by atoms with Gasteiger partial charge in [-0.2, -0.15) is 4.31 Å². The van der Waals surface area contributed by atoms with Crippen molar-refractivity contribution < 1.29 is 8.42 Å². The first-order chi connectivity index (χ1) is 11.6. The van der Waals surface area contributed by atoms with Crippen LogP contribution in [0.2, 0.25) is 0 Å². The molecule has 1 aliphatic rings. The second-order valence-corrected chi connectivity index (χ2v) is 7.62. The lowest BCUT2D eigenvalue weighted by molar-refractivity contribution is 0.451. The number of hydrogen-bond acceptors (Lipinski definition) is 5. The summed E-state index contributed by atoms with van der Waals surface area (Å²) in [6, 6.07) is 8.07. The number of sulfonamides is 1. The van der Waals surface area contributed by atoms with Crippen LogP contribution < -0.4 is 5.69 Å². The molecular weight excluding hydrogens is 330 g/mol. The van der Waals surface area contributed by atoms with E-state index in [9.17, 15) is 13.2 Å². The van der Waals surface area contributed by atoms with Crippen LogP contribution >= 0.6 is 0 Å². The van der Waals surface area contributed by atoms with Gasteiger partial charge in [0, 0.05) is 13.1 Å². The second kappa shape index (κ2) is 5.53. The summed E-state index contributed by atoms with van der Waals surface area (Å²) in [5.74, 6) is 0. The maximum Gasteiger partial charge on any atom is 0.328 e. The van der Waals surface area contributed by atoms with Gasteiger partial charge in [0.1, 0.15) is 11.8 Å². The van der Waals surface area contributed by atoms with Crippen molar-refractivity contribution in [3.05, 3.63) is 53.3 Å². The highest BCUT2D eigenvalue weighted by Gasteiger charge is 2.34. The van der Waals surface area contributed by atoms with Crippen molar-refractivity contribution >= 4 is 21.2 Å². The molecule has 0 bridgehead atoms. The van der Waals surface area contributed by atoms with Gasteiger partial charge in [-0.25, -0.2) is 23.2 Å². The molecule has 4 rings (SSSR count). The van der Waals surface area contributed by atoms with Gasteiger partial charge in [0.2, 0.25) is 10.0 Å². The van der Waals surface area contributed by atoms with Crippen molar-refractivity contribution in [2.45, 2.75) is 17.4 Å². The minimum Gasteiger partial charge on any atom is -0.303 e. The number of fused-ring (bicyclic) bond motifs is 1. The Morgan fingerprint density at radius 1 is 1.21 bits per heavy atom. The zero-order chi connectivity index (χ0) is 16.7. The number of aromatic amines is 1. The summed E-state index contributed by atoms with van der Waals surface area (Å²) >= 11 is 0. The van der Waals surface area contributed by atoms with Crippen molar-refractivity contribution in [2.75, 3.05) is 13.1 Å². The third kappa shape index (κ3) is 2.33. The number of hydrogen-bond donors (Lipinski definition) is 1. The maximum absolute atomic E-state index is 12.7. The average Bonchev–Trinajstić information content (AvgIpc) is 3.19. The third-order valence-electron chi connectivity index (χ3n) is 4.25. The third-order valence-corrected chi connectivity index (χ3v) is 6.13. The van der Waals surface area contributed by atoms with Crippen LogP contribution in [-0.2, 0) is 10.0 Å². The summed E-state index contributed by atoms with van der Waals surface area (Å²) in [4.78, 5) is 23.2. The van der Waals surface area contributed by atoms with Crippen LogP contribution in [0, 0.1) is 0 Å². The molecule has 0 aliphatic carbocycles. The molecule has 2 aromatic heterocycles. The molecule has 9 heteroatoms. The van der Waals surface area contributed by atoms with E-state index in [1.165, 1.54) is 21.4 Å². The fourth-order valence-corrected chi connectivity index (χ4v) is 4.61. The fraction of sp³-hybridized carbons (Fsp3) is 0.267. The molecule has 0 spiro atoms. The van der Waals surface area contributed by atoms with E-state index in [0.717, 1.165) is 0 Å². The fourth-order valence-electron chi connectivity index (χ4n) is 3.09. The van der Waals surface area contributed by atoms with Gasteiger partial charge in [-0.1, -0.05) is 18.2 Å². The van der Waals surface area contributed by atoms with Crippen molar-refractivity contribution in [3.63, 3.8) is 0 Å². The van der Waals surface area contributed by atoms with E-state index in [-0.39, 0.29) is 23.2 Å². The summed E-state index contributed by atoms with van der Waals surface area (Å²) in [5, 5.41) is 0. The minimum atomic E-state index is -3.55. The van der Waals surface area contributed by atoms with Crippen molar-refractivity contribution in [3.8, 4) is 0 Å². The van der Waals surface area contributed by atoms with Gasteiger partial charge >= 0.3 is 5.69 Å². The average molecular weight is 345 g/mol. The molecule has 1 aliphatic heterocycles. The minimum absolute atomic E-state index is 0.244. The van der Waals surface area contributed by atoms with Crippen molar-refractivity contribution in [1.82, 2.24) is 23.8 Å². The Morgan fingerprint density at radius 3 is 2.79 bits per heavy atom. The first-order valence-corrected chi connectivity index (χ1v) is 8.97. The number of rotatable bonds is 3. The standard InChI is InChI=1S/C15H15N5O3S/c21-15-18-13-8-16-10-17-14(13)20(15)11-6-7-19(9-11)24(22,23)12-4-2-1-3-5-12/h1-5,8,10-11H,6-7,9H2,(H,18,21). The normalized spacial score (nSPS) is 19.1. The van der Waals surface area contributed by atoms with E-state index >= 15 is 0 Å². The van der Waals surface area contributed by atoms with Crippen LogP contribution in [0.5, 0.6) is 0 Å². The van der Waals surface area contributed by atoms with E-state index in [2.05, 4.69) is 15.0 Å². The van der Waals surface area contributed by atoms with Crippen LogP contribution in [0.15, 0.2) is 52.5 Å². The molecule has 8 nitrogen and oxygen atoms in total. The summed E-state index contributed by atoms with van der Waals surface area (Å²) in [5.41, 5.74) is 0.750. The zero-order valence-corrected chi connectivity index (χ0v) is 13.5. The highest BCUT2D eigenvalue weighted by molar-refractivity contribution is 7.89. The molecule has 1 unspecified atom stereocenters. The molecule has 3 heterocycles. The maximum atomic E-state index is 12.7. The number of aromatic nitrogens is 4. The lowest BCUT2D eigenvalue weighted by atomic mass is 10.2. The van der Waals surface area contributed by atoms with Gasteiger partial charge < -0.3 is 4.98 Å². The van der Waals surface area contributed by atoms with Crippen molar-refractivity contribution in [1.29, 1.82) is 0 Å². The van der Waals surface area contributed by atoms with E-state index in [0.29, 0.717) is 24.1 Å². The quantitative estimate of drug-likeness (QED) is 0.755. The highest BCUT2D eigenvalue weighted by atomic mass is 32.2. The Kier molecular flexibility index (Phi) is 3.47. The highest BCUT2D eigenvalue weighted by Crippen LogP contribution is 2.27. The molecule has 1 fully saturated rings. The molecule has 1 aromatic carbocycles. The summed E-state index contributed by atoms with van der Waals surface area (Å²) in [6.45, 7) is 0.611. The van der Waals surface area contributed by atoms with Gasteiger partial charge in [0.15, 0.2) is 5.65 Å². The Labute approximate surface area is 137 Å². The number of nitrogens with one attached hydrogen (secondary N) is 1. The molecule has 1 saturated heterocycles. The predicted octanol–water partition coefficient (Wildman–Crippen LogP) is 0.755. The molecule has 0 radical (unpaired) electrons. The number of imidazole rings is 1. The SMILES string of the molecule is O=c1[nH]c2cncnc2n1C1CCN(S(=O)(=O)c2ccccc2)C1. The number of benzene rings is 1. The molecular formula is C15H15N5O3S.